The first-order valence-corrected chi connectivity index (χ1v) is 13.1. The van der Waals surface area contributed by atoms with Crippen LogP contribution in [-0.4, -0.2) is 66.9 Å². The number of nitrogens with one attached hydrogen (secondary N) is 3. The first kappa shape index (κ1) is 26.5. The smallest absolute Gasteiger partial charge is 0.257 e. The third-order valence-corrected chi connectivity index (χ3v) is 6.42. The number of amidine groups is 2. The van der Waals surface area contributed by atoms with E-state index in [1.165, 1.54) is 0 Å². The van der Waals surface area contributed by atoms with E-state index in [2.05, 4.69) is 32.8 Å². The van der Waals surface area contributed by atoms with Crippen molar-refractivity contribution in [3.05, 3.63) is 66.1 Å². The van der Waals surface area contributed by atoms with Gasteiger partial charge in [-0.25, -0.2) is 9.98 Å². The van der Waals surface area contributed by atoms with Crippen LogP contribution in [0.4, 0.5) is 11.5 Å². The molecule has 9 nitrogen and oxygen atoms in total. The van der Waals surface area contributed by atoms with Gasteiger partial charge in [0.05, 0.1) is 18.8 Å². The summed E-state index contributed by atoms with van der Waals surface area (Å²) in [6, 6.07) is 12.9. The molecule has 2 aliphatic rings. The van der Waals surface area contributed by atoms with E-state index >= 15 is 0 Å². The summed E-state index contributed by atoms with van der Waals surface area (Å²) in [6.07, 6.45) is 6.32. The minimum atomic E-state index is -0.195. The predicted octanol–water partition coefficient (Wildman–Crippen LogP) is 4.15. The zero-order valence-electron chi connectivity index (χ0n) is 21.7. The number of hydrogen-bond acceptors (Lipinski definition) is 7. The highest BCUT2D eigenvalue weighted by atomic mass is 16.5. The molecule has 9 heteroatoms. The van der Waals surface area contributed by atoms with Gasteiger partial charge in [0.2, 0.25) is 0 Å². The number of nitrogens with zero attached hydrogens (tertiary/aromatic N) is 4. The molecule has 196 valence electrons. The number of carbonyl (C=O) groups is 1. The third-order valence-electron chi connectivity index (χ3n) is 6.42. The Morgan fingerprint density at radius 3 is 2.76 bits per heavy atom. The number of benzene rings is 1. The minimum absolute atomic E-state index is 0.193. The van der Waals surface area contributed by atoms with Gasteiger partial charge >= 0.3 is 0 Å². The van der Waals surface area contributed by atoms with Crippen molar-refractivity contribution in [2.45, 2.75) is 33.1 Å². The van der Waals surface area contributed by atoms with Crippen LogP contribution in [0.3, 0.4) is 0 Å². The second-order valence-electron chi connectivity index (χ2n) is 9.25. The zero-order chi connectivity index (χ0) is 25.9. The van der Waals surface area contributed by atoms with Crippen molar-refractivity contribution in [3.63, 3.8) is 0 Å². The first-order valence-electron chi connectivity index (χ1n) is 13.1. The van der Waals surface area contributed by atoms with Gasteiger partial charge in [-0.1, -0.05) is 25.1 Å². The molecular formula is C28H37N7O2. The Morgan fingerprint density at radius 2 is 2.03 bits per heavy atom. The van der Waals surface area contributed by atoms with E-state index in [9.17, 15) is 4.79 Å². The molecule has 1 aromatic heterocycles. The van der Waals surface area contributed by atoms with Gasteiger partial charge in [0.25, 0.3) is 5.91 Å². The van der Waals surface area contributed by atoms with Gasteiger partial charge in [-0.15, -0.1) is 0 Å². The lowest BCUT2D eigenvalue weighted by molar-refractivity contribution is 0.0377. The molecule has 1 amide bonds. The molecule has 0 aliphatic carbocycles. The number of aliphatic imine (C=N–C) groups is 2. The van der Waals surface area contributed by atoms with Crippen molar-refractivity contribution in [2.24, 2.45) is 15.9 Å². The monoisotopic (exact) mass is 503 g/mol. The molecule has 37 heavy (non-hydrogen) atoms. The Balaban J connectivity index is 1.33. The first-order chi connectivity index (χ1) is 18.1. The molecule has 0 bridgehead atoms. The molecule has 1 unspecified atom stereocenters. The average molecular weight is 504 g/mol. The molecule has 1 aromatic carbocycles. The van der Waals surface area contributed by atoms with Gasteiger partial charge in [0, 0.05) is 50.4 Å². The molecule has 2 aromatic rings. The second kappa shape index (κ2) is 13.7. The van der Waals surface area contributed by atoms with E-state index in [0.29, 0.717) is 11.4 Å². The number of amides is 1. The summed E-state index contributed by atoms with van der Waals surface area (Å²) >= 11 is 0. The quantitative estimate of drug-likeness (QED) is 0.491. The van der Waals surface area contributed by atoms with Crippen molar-refractivity contribution in [1.29, 1.82) is 0 Å². The Hall–Kier alpha value is -3.56. The van der Waals surface area contributed by atoms with Crippen molar-refractivity contribution in [2.75, 3.05) is 50.0 Å². The molecule has 1 fully saturated rings. The largest absolute Gasteiger partial charge is 0.379 e. The lowest BCUT2D eigenvalue weighted by atomic mass is 10.0. The number of anilines is 2. The summed E-state index contributed by atoms with van der Waals surface area (Å²) in [7, 11) is 0. The molecule has 1 atom stereocenters. The standard InChI is InChI=1S/C28H37N7O2/c1-3-24-32-25(29-14-7-15-35-16-18-37-19-17-35)12-10-21(2)27(33-24)34-26-13-11-22(20-30-26)28(36)31-23-8-5-4-6-9-23/h3-6,8-9,11,13,20-21H,7,10,12,14-19H2,1-2H3,(H,29,32)(H,31,36)(H,30,33,34)/b24-3+. The molecule has 2 aliphatic heterocycles. The van der Waals surface area contributed by atoms with Gasteiger partial charge in [0.15, 0.2) is 0 Å². The Bertz CT molecular complexity index is 1110. The highest BCUT2D eigenvalue weighted by Crippen LogP contribution is 2.17. The maximum Gasteiger partial charge on any atom is 0.257 e. The average Bonchev–Trinajstić information content (AvgIpc) is 2.93. The number of carbonyl (C=O) groups excluding carboxylic acids is 1. The zero-order valence-corrected chi connectivity index (χ0v) is 21.7. The highest BCUT2D eigenvalue weighted by Gasteiger charge is 2.18. The Morgan fingerprint density at radius 1 is 1.22 bits per heavy atom. The van der Waals surface area contributed by atoms with E-state index in [1.54, 1.807) is 18.3 Å². The van der Waals surface area contributed by atoms with Crippen molar-refractivity contribution >= 4 is 29.1 Å². The number of hydrogen-bond donors (Lipinski definition) is 3. The number of pyridine rings is 1. The van der Waals surface area contributed by atoms with E-state index in [4.69, 9.17) is 14.7 Å². The lowest BCUT2D eigenvalue weighted by Gasteiger charge is -2.26. The summed E-state index contributed by atoms with van der Waals surface area (Å²) in [5, 5.41) is 9.63. The van der Waals surface area contributed by atoms with E-state index in [-0.39, 0.29) is 11.8 Å². The number of allylic oxidation sites excluding steroid dienone is 1. The van der Waals surface area contributed by atoms with Gasteiger partial charge in [-0.05, 0) is 50.1 Å². The molecule has 0 saturated carbocycles. The van der Waals surface area contributed by atoms with Crippen LogP contribution in [0, 0.1) is 5.92 Å². The van der Waals surface area contributed by atoms with Gasteiger partial charge < -0.3 is 20.7 Å². The SMILES string of the molecule is C/C=C1/N=C(Nc2ccc(C(=O)Nc3ccccc3)cn2)C(C)CCC(=NCCCN2CCOCC2)N1. The van der Waals surface area contributed by atoms with E-state index in [0.717, 1.165) is 81.8 Å². The maximum absolute atomic E-state index is 12.5. The molecule has 3 heterocycles. The molecule has 3 N–H and O–H groups in total. The topological polar surface area (TPSA) is 103 Å². The fraction of sp³-hybridized carbons (Fsp3) is 0.429. The highest BCUT2D eigenvalue weighted by molar-refractivity contribution is 6.04. The van der Waals surface area contributed by atoms with Crippen LogP contribution >= 0.6 is 0 Å². The predicted molar refractivity (Wildman–Crippen MR) is 149 cm³/mol. The third kappa shape index (κ3) is 8.23. The van der Waals surface area contributed by atoms with E-state index < -0.39 is 0 Å². The molecular weight excluding hydrogens is 466 g/mol. The molecule has 0 radical (unpaired) electrons. The maximum atomic E-state index is 12.5. The molecule has 1 saturated heterocycles. The lowest BCUT2D eigenvalue weighted by Crippen LogP contribution is -2.37. The van der Waals surface area contributed by atoms with Crippen LogP contribution in [0.15, 0.2) is 70.5 Å². The van der Waals surface area contributed by atoms with Crippen molar-refractivity contribution in [3.8, 4) is 0 Å². The molecule has 4 rings (SSSR count). The summed E-state index contributed by atoms with van der Waals surface area (Å²) < 4.78 is 5.42. The number of rotatable bonds is 7. The van der Waals surface area contributed by atoms with Gasteiger partial charge in [-0.3, -0.25) is 14.7 Å². The summed E-state index contributed by atoms with van der Waals surface area (Å²) in [4.78, 5) is 29.1. The summed E-state index contributed by atoms with van der Waals surface area (Å²) in [6.45, 7) is 9.65. The van der Waals surface area contributed by atoms with Crippen LogP contribution in [0.25, 0.3) is 0 Å². The normalized spacial score (nSPS) is 21.0. The van der Waals surface area contributed by atoms with Crippen LogP contribution in [0.2, 0.25) is 0 Å². The second-order valence-corrected chi connectivity index (χ2v) is 9.25. The summed E-state index contributed by atoms with van der Waals surface area (Å²) in [5.74, 6) is 3.23. The number of ether oxygens (including phenoxy) is 1. The Labute approximate surface area is 219 Å². The van der Waals surface area contributed by atoms with E-state index in [1.807, 2.05) is 43.3 Å². The van der Waals surface area contributed by atoms with Crippen molar-refractivity contribution < 1.29 is 9.53 Å². The number of para-hydroxylation sites is 1. The fourth-order valence-corrected chi connectivity index (χ4v) is 4.17. The van der Waals surface area contributed by atoms with Crippen LogP contribution in [0.1, 0.15) is 43.5 Å². The van der Waals surface area contributed by atoms with Gasteiger partial charge in [0.1, 0.15) is 23.3 Å². The number of aromatic nitrogens is 1. The van der Waals surface area contributed by atoms with Crippen LogP contribution in [0.5, 0.6) is 0 Å². The van der Waals surface area contributed by atoms with Crippen molar-refractivity contribution in [1.82, 2.24) is 15.2 Å². The molecule has 0 spiro atoms. The fourth-order valence-electron chi connectivity index (χ4n) is 4.17. The van der Waals surface area contributed by atoms with Crippen LogP contribution < -0.4 is 16.0 Å². The van der Waals surface area contributed by atoms with Gasteiger partial charge in [-0.2, -0.15) is 0 Å². The minimum Gasteiger partial charge on any atom is -0.379 e. The number of morpholine rings is 1. The van der Waals surface area contributed by atoms with Crippen LogP contribution in [-0.2, 0) is 4.74 Å². The Kier molecular flexibility index (Phi) is 9.79. The summed E-state index contributed by atoms with van der Waals surface area (Å²) in [5.41, 5.74) is 1.24.